The number of thiazole rings is 1. The van der Waals surface area contributed by atoms with Crippen molar-refractivity contribution in [2.45, 2.75) is 58.9 Å². The van der Waals surface area contributed by atoms with Crippen LogP contribution in [0.15, 0.2) is 17.5 Å². The van der Waals surface area contributed by atoms with Crippen LogP contribution in [0.1, 0.15) is 49.9 Å². The molecule has 2 fully saturated rings. The van der Waals surface area contributed by atoms with Gasteiger partial charge in [-0.2, -0.15) is 0 Å². The van der Waals surface area contributed by atoms with Gasteiger partial charge in [0.2, 0.25) is 5.91 Å². The molecule has 0 radical (unpaired) electrons. The molecule has 1 aliphatic heterocycles. The van der Waals surface area contributed by atoms with Gasteiger partial charge in [-0.25, -0.2) is 9.78 Å². The lowest BCUT2D eigenvalue weighted by atomic mass is 9.64. The zero-order chi connectivity index (χ0) is 23.1. The summed E-state index contributed by atoms with van der Waals surface area (Å²) >= 11 is 3.29. The summed E-state index contributed by atoms with van der Waals surface area (Å²) in [7, 11) is 0. The molecule has 2 N–H and O–H groups in total. The van der Waals surface area contributed by atoms with E-state index < -0.39 is 11.6 Å². The molecule has 1 saturated heterocycles. The van der Waals surface area contributed by atoms with Crippen LogP contribution in [0, 0.1) is 18.3 Å². The molecule has 2 aromatic rings. The van der Waals surface area contributed by atoms with Crippen LogP contribution in [-0.4, -0.2) is 46.4 Å². The summed E-state index contributed by atoms with van der Waals surface area (Å²) in [6.45, 7) is 8.57. The molecule has 1 spiro atoms. The smallest absolute Gasteiger partial charge is 0.325 e. The number of aryl methyl sites for hydroxylation is 1. The van der Waals surface area contributed by atoms with Gasteiger partial charge in [0.1, 0.15) is 12.1 Å². The van der Waals surface area contributed by atoms with E-state index in [1.165, 1.54) is 0 Å². The van der Waals surface area contributed by atoms with Gasteiger partial charge in [-0.1, -0.05) is 20.8 Å². The first-order valence-electron chi connectivity index (χ1n) is 11.0. The number of thiophene rings is 1. The van der Waals surface area contributed by atoms with Crippen molar-refractivity contribution in [1.82, 2.24) is 20.5 Å². The molecule has 4 rings (SSSR count). The first kappa shape index (κ1) is 22.9. The van der Waals surface area contributed by atoms with E-state index in [0.29, 0.717) is 31.7 Å². The number of nitrogens with one attached hydrogen (secondary N) is 2. The maximum Gasteiger partial charge on any atom is 0.325 e. The summed E-state index contributed by atoms with van der Waals surface area (Å²) in [5, 5.41) is 8.85. The predicted molar refractivity (Wildman–Crippen MR) is 127 cm³/mol. The lowest BCUT2D eigenvalue weighted by Gasteiger charge is -2.43. The van der Waals surface area contributed by atoms with E-state index in [2.05, 4.69) is 42.5 Å². The van der Waals surface area contributed by atoms with Crippen LogP contribution < -0.4 is 10.6 Å². The maximum atomic E-state index is 13.2. The Morgan fingerprint density at radius 1 is 1.31 bits per heavy atom. The Morgan fingerprint density at radius 2 is 2.09 bits per heavy atom. The van der Waals surface area contributed by atoms with Gasteiger partial charge >= 0.3 is 6.03 Å². The number of aromatic nitrogens is 1. The number of rotatable bonds is 6. The Labute approximate surface area is 196 Å². The number of imide groups is 1. The van der Waals surface area contributed by atoms with E-state index in [0.717, 1.165) is 31.8 Å². The van der Waals surface area contributed by atoms with Crippen molar-refractivity contribution in [2.24, 2.45) is 11.3 Å². The average molecular weight is 475 g/mol. The fraction of sp³-hybridized carbons (Fsp3) is 0.565. The number of amides is 4. The normalized spacial score (nSPS) is 24.8. The molecule has 2 unspecified atom stereocenters. The Morgan fingerprint density at radius 3 is 2.78 bits per heavy atom. The first-order chi connectivity index (χ1) is 15.1. The van der Waals surface area contributed by atoms with E-state index in [4.69, 9.17) is 0 Å². The first-order valence-corrected chi connectivity index (χ1v) is 12.7. The van der Waals surface area contributed by atoms with Gasteiger partial charge in [0.05, 0.1) is 15.6 Å². The Bertz CT molecular complexity index is 1040. The molecule has 0 bridgehead atoms. The Balaban J connectivity index is 1.30. The van der Waals surface area contributed by atoms with Gasteiger partial charge in [-0.05, 0) is 56.1 Å². The monoisotopic (exact) mass is 474 g/mol. The van der Waals surface area contributed by atoms with Crippen molar-refractivity contribution in [2.75, 3.05) is 13.1 Å². The van der Waals surface area contributed by atoms with Gasteiger partial charge in [0, 0.05) is 16.8 Å². The lowest BCUT2D eigenvalue weighted by molar-refractivity contribution is -0.137. The highest BCUT2D eigenvalue weighted by Crippen LogP contribution is 2.46. The molecule has 2 aromatic heterocycles. The summed E-state index contributed by atoms with van der Waals surface area (Å²) in [5.74, 6) is -0.250. The third-order valence-corrected chi connectivity index (χ3v) is 8.09. The molecule has 1 saturated carbocycles. The number of carbonyl (C=O) groups is 3. The van der Waals surface area contributed by atoms with Crippen molar-refractivity contribution in [1.29, 1.82) is 0 Å². The maximum absolute atomic E-state index is 13.2. The highest BCUT2D eigenvalue weighted by Gasteiger charge is 2.56. The fourth-order valence-corrected chi connectivity index (χ4v) is 6.96. The third kappa shape index (κ3) is 4.73. The second-order valence-electron chi connectivity index (χ2n) is 9.88. The van der Waals surface area contributed by atoms with E-state index >= 15 is 0 Å². The van der Waals surface area contributed by atoms with Crippen LogP contribution in [0.3, 0.4) is 0 Å². The van der Waals surface area contributed by atoms with Crippen molar-refractivity contribution in [3.05, 3.63) is 27.4 Å². The van der Waals surface area contributed by atoms with Gasteiger partial charge in [0.25, 0.3) is 5.91 Å². The summed E-state index contributed by atoms with van der Waals surface area (Å²) < 4.78 is 0. The quantitative estimate of drug-likeness (QED) is 0.620. The molecule has 4 amide bonds. The van der Waals surface area contributed by atoms with Crippen molar-refractivity contribution >= 4 is 40.5 Å². The van der Waals surface area contributed by atoms with Crippen LogP contribution in [-0.2, 0) is 16.0 Å². The second-order valence-corrected chi connectivity index (χ2v) is 12.1. The molecule has 172 valence electrons. The molecule has 2 aliphatic rings. The zero-order valence-electron chi connectivity index (χ0n) is 19.0. The highest BCUT2D eigenvalue weighted by molar-refractivity contribution is 7.16. The highest BCUT2D eigenvalue weighted by atomic mass is 32.1. The van der Waals surface area contributed by atoms with E-state index in [1.54, 1.807) is 22.7 Å². The number of carbonyl (C=O) groups excluding carboxylic acids is 3. The van der Waals surface area contributed by atoms with E-state index in [-0.39, 0.29) is 23.8 Å². The number of hydrogen-bond donors (Lipinski definition) is 2. The van der Waals surface area contributed by atoms with Gasteiger partial charge in [-0.15, -0.1) is 22.7 Å². The molecule has 7 nitrogen and oxygen atoms in total. The molecule has 3 heterocycles. The lowest BCUT2D eigenvalue weighted by Crippen LogP contribution is -2.54. The van der Waals surface area contributed by atoms with Crippen LogP contribution in [0.5, 0.6) is 0 Å². The topological polar surface area (TPSA) is 91.4 Å². The van der Waals surface area contributed by atoms with Crippen LogP contribution in [0.2, 0.25) is 0 Å². The number of hydrogen-bond acceptors (Lipinski definition) is 6. The van der Waals surface area contributed by atoms with Gasteiger partial charge < -0.3 is 10.6 Å². The van der Waals surface area contributed by atoms with E-state index in [9.17, 15) is 14.4 Å². The Kier molecular flexibility index (Phi) is 6.15. The fourth-order valence-electron chi connectivity index (χ4n) is 5.30. The number of urea groups is 1. The van der Waals surface area contributed by atoms with Crippen LogP contribution >= 0.6 is 22.7 Å². The van der Waals surface area contributed by atoms with Crippen molar-refractivity contribution < 1.29 is 14.4 Å². The second kappa shape index (κ2) is 8.59. The van der Waals surface area contributed by atoms with Crippen molar-refractivity contribution in [3.63, 3.8) is 0 Å². The molecular weight excluding hydrogens is 444 g/mol. The Hall–Kier alpha value is -2.26. The zero-order valence-corrected chi connectivity index (χ0v) is 20.6. The minimum atomic E-state index is -0.875. The minimum absolute atomic E-state index is 0.0321. The molecule has 32 heavy (non-hydrogen) atoms. The summed E-state index contributed by atoms with van der Waals surface area (Å²) in [6.07, 6.45) is 2.94. The standard InChI is InChI=1S/C23H30N4O3S2/c1-14-9-22(3,4)13-23(10-14)20(29)27(21(30)26-23)11-19(28)24-8-7-16-5-6-18(32-16)17-12-31-15(2)25-17/h5-6,12,14H,7-11,13H2,1-4H3,(H,24,28)(H,26,30). The molecule has 9 heteroatoms. The SMILES string of the molecule is Cc1nc(-c2ccc(CCNC(=O)CN3C(=O)NC4(CC(C)CC(C)(C)C4)C3=O)s2)cs1. The third-order valence-electron chi connectivity index (χ3n) is 6.15. The minimum Gasteiger partial charge on any atom is -0.354 e. The van der Waals surface area contributed by atoms with Crippen molar-refractivity contribution in [3.8, 4) is 10.6 Å². The predicted octanol–water partition coefficient (Wildman–Crippen LogP) is 3.98. The average Bonchev–Trinajstić information content (AvgIpc) is 3.36. The molecule has 1 aliphatic carbocycles. The molecule has 2 atom stereocenters. The summed E-state index contributed by atoms with van der Waals surface area (Å²) in [6, 6.07) is 3.64. The van der Waals surface area contributed by atoms with E-state index in [1.807, 2.05) is 18.4 Å². The van der Waals surface area contributed by atoms with Crippen LogP contribution in [0.4, 0.5) is 4.79 Å². The molecular formula is C23H30N4O3S2. The molecule has 0 aromatic carbocycles. The largest absolute Gasteiger partial charge is 0.354 e. The summed E-state index contributed by atoms with van der Waals surface area (Å²) in [4.78, 5) is 46.0. The summed E-state index contributed by atoms with van der Waals surface area (Å²) in [5.41, 5.74) is 0.0794. The van der Waals surface area contributed by atoms with Gasteiger partial charge in [-0.3, -0.25) is 14.5 Å². The number of nitrogens with zero attached hydrogens (tertiary/aromatic N) is 2. The van der Waals surface area contributed by atoms with Crippen LogP contribution in [0.25, 0.3) is 10.6 Å². The van der Waals surface area contributed by atoms with Gasteiger partial charge in [0.15, 0.2) is 0 Å².